The zero-order valence-electron chi connectivity index (χ0n) is 22.3. The minimum Gasteiger partial charge on any atom is -0.515 e. The number of amides is 1. The second-order valence-corrected chi connectivity index (χ2v) is 10.9. The van der Waals surface area contributed by atoms with Crippen LogP contribution in [0, 0.1) is 0 Å². The number of hydrogen-bond donors (Lipinski definition) is 7. The van der Waals surface area contributed by atoms with Crippen molar-refractivity contribution in [2.75, 3.05) is 20.2 Å². The molecule has 0 aromatic carbocycles. The Morgan fingerprint density at radius 1 is 1.11 bits per heavy atom. The Morgan fingerprint density at radius 3 is 2.26 bits per heavy atom. The molecule has 2 aliphatic heterocycles. The van der Waals surface area contributed by atoms with E-state index in [2.05, 4.69) is 0 Å². The maximum absolute atomic E-state index is 12.7. The molecule has 3 aliphatic rings. The first kappa shape index (κ1) is 30.5. The first-order valence-electron chi connectivity index (χ1n) is 12.7. The molecule has 2 fully saturated rings. The molecule has 14 nitrogen and oxygen atoms in total. The standard InChI is InChI=1S/C24H43N5O9/c1-24(2,3)38-23(33)29(4)16-11(9-30)10-34-22(17(16)31)37-20-15(28)7-14(27)19(18(20)32)36-21-13(26)6-5-12(8-25)35-21/h5,9,13-22,30-32H,6-8,10,25-28H2,1-4H3/b11-9-/t13-,14+,15-,16+,17-,18+,19?,20+,21-,22-/m1/s1. The van der Waals surface area contributed by atoms with Crippen molar-refractivity contribution in [2.24, 2.45) is 22.9 Å². The molecule has 10 atom stereocenters. The average Bonchev–Trinajstić information content (AvgIpc) is 2.84. The third-order valence-corrected chi connectivity index (χ3v) is 6.74. The molecule has 0 aromatic heterocycles. The Bertz CT molecular complexity index is 882. The summed E-state index contributed by atoms with van der Waals surface area (Å²) in [5, 5.41) is 32.0. The van der Waals surface area contributed by atoms with Gasteiger partial charge in [0.15, 0.2) is 6.29 Å². The van der Waals surface area contributed by atoms with Crippen molar-refractivity contribution in [1.82, 2.24) is 4.90 Å². The molecular weight excluding hydrogens is 502 g/mol. The van der Waals surface area contributed by atoms with E-state index in [4.69, 9.17) is 46.6 Å². The van der Waals surface area contributed by atoms with E-state index < -0.39 is 72.9 Å². The number of rotatable bonds is 6. The predicted molar refractivity (Wildman–Crippen MR) is 135 cm³/mol. The molecule has 1 amide bonds. The Kier molecular flexibility index (Phi) is 10.00. The van der Waals surface area contributed by atoms with Gasteiger partial charge < -0.3 is 66.8 Å². The van der Waals surface area contributed by atoms with Crippen LogP contribution in [-0.4, -0.2) is 113 Å². The molecule has 0 radical (unpaired) electrons. The monoisotopic (exact) mass is 545 g/mol. The molecule has 2 heterocycles. The number of hydrogen-bond acceptors (Lipinski definition) is 13. The van der Waals surface area contributed by atoms with Gasteiger partial charge in [-0.2, -0.15) is 0 Å². The van der Waals surface area contributed by atoms with Crippen LogP contribution in [0.3, 0.4) is 0 Å². The van der Waals surface area contributed by atoms with Gasteiger partial charge in [-0.3, -0.25) is 0 Å². The van der Waals surface area contributed by atoms with Crippen LogP contribution in [0.25, 0.3) is 0 Å². The van der Waals surface area contributed by atoms with Gasteiger partial charge in [-0.15, -0.1) is 0 Å². The number of aliphatic hydroxyl groups is 3. The fourth-order valence-corrected chi connectivity index (χ4v) is 4.76. The van der Waals surface area contributed by atoms with Gasteiger partial charge in [0.05, 0.1) is 31.5 Å². The molecule has 218 valence electrons. The van der Waals surface area contributed by atoms with Crippen molar-refractivity contribution in [2.45, 2.75) is 100 Å². The van der Waals surface area contributed by atoms with Crippen LogP contribution in [0.5, 0.6) is 0 Å². The summed E-state index contributed by atoms with van der Waals surface area (Å²) in [6.45, 7) is 5.14. The number of aliphatic hydroxyl groups excluding tert-OH is 3. The summed E-state index contributed by atoms with van der Waals surface area (Å²) in [6.07, 6.45) is -4.47. The Hall–Kier alpha value is -2.01. The normalized spacial score (nSPS) is 39.3. The van der Waals surface area contributed by atoms with Crippen LogP contribution in [0.15, 0.2) is 23.7 Å². The lowest BCUT2D eigenvalue weighted by molar-refractivity contribution is -0.276. The van der Waals surface area contributed by atoms with Gasteiger partial charge >= 0.3 is 6.09 Å². The average molecular weight is 546 g/mol. The lowest BCUT2D eigenvalue weighted by atomic mass is 9.84. The van der Waals surface area contributed by atoms with Crippen LogP contribution in [0.2, 0.25) is 0 Å². The lowest BCUT2D eigenvalue weighted by Crippen LogP contribution is -2.66. The zero-order valence-corrected chi connectivity index (χ0v) is 22.3. The molecule has 1 aliphatic carbocycles. The largest absolute Gasteiger partial charge is 0.515 e. The van der Waals surface area contributed by atoms with Crippen molar-refractivity contribution >= 4 is 6.09 Å². The summed E-state index contributed by atoms with van der Waals surface area (Å²) in [5.74, 6) is 0.520. The highest BCUT2D eigenvalue weighted by Crippen LogP contribution is 2.31. The summed E-state index contributed by atoms with van der Waals surface area (Å²) in [5.41, 5.74) is 23.8. The van der Waals surface area contributed by atoms with Crippen LogP contribution in [-0.2, 0) is 23.7 Å². The highest BCUT2D eigenvalue weighted by Gasteiger charge is 2.49. The van der Waals surface area contributed by atoms with Crippen molar-refractivity contribution in [1.29, 1.82) is 0 Å². The molecule has 0 spiro atoms. The molecule has 14 heteroatoms. The third kappa shape index (κ3) is 6.94. The van der Waals surface area contributed by atoms with Gasteiger partial charge in [-0.05, 0) is 39.7 Å². The van der Waals surface area contributed by atoms with Crippen LogP contribution >= 0.6 is 0 Å². The van der Waals surface area contributed by atoms with Gasteiger partial charge in [-0.1, -0.05) is 0 Å². The van der Waals surface area contributed by atoms with Gasteiger partial charge in [0.2, 0.25) is 6.29 Å². The fraction of sp³-hybridized carbons (Fsp3) is 0.792. The molecule has 0 aromatic rings. The van der Waals surface area contributed by atoms with Crippen LogP contribution < -0.4 is 22.9 Å². The fourth-order valence-electron chi connectivity index (χ4n) is 4.76. The maximum Gasteiger partial charge on any atom is 0.410 e. The molecule has 11 N–H and O–H groups in total. The van der Waals surface area contributed by atoms with Gasteiger partial charge in [0, 0.05) is 24.7 Å². The summed E-state index contributed by atoms with van der Waals surface area (Å²) in [6, 6.07) is -2.92. The minimum absolute atomic E-state index is 0.160. The van der Waals surface area contributed by atoms with E-state index in [1.54, 1.807) is 26.8 Å². The number of nitrogens with two attached hydrogens (primary N) is 4. The molecule has 1 saturated carbocycles. The van der Waals surface area contributed by atoms with Gasteiger partial charge in [-0.25, -0.2) is 4.79 Å². The number of carbonyl (C=O) groups is 1. The Balaban J connectivity index is 1.74. The molecular formula is C24H43N5O9. The Morgan fingerprint density at radius 2 is 1.71 bits per heavy atom. The number of ether oxygens (including phenoxy) is 5. The van der Waals surface area contributed by atoms with E-state index in [9.17, 15) is 20.1 Å². The van der Waals surface area contributed by atoms with Crippen molar-refractivity contribution in [3.63, 3.8) is 0 Å². The van der Waals surface area contributed by atoms with E-state index in [0.717, 1.165) is 11.2 Å². The number of nitrogens with zero attached hydrogens (tertiary/aromatic N) is 1. The topological polar surface area (TPSA) is 231 Å². The third-order valence-electron chi connectivity index (χ3n) is 6.74. The summed E-state index contributed by atoms with van der Waals surface area (Å²) < 4.78 is 28.7. The lowest BCUT2D eigenvalue weighted by Gasteiger charge is -2.47. The summed E-state index contributed by atoms with van der Waals surface area (Å²) in [7, 11) is 1.43. The van der Waals surface area contributed by atoms with Crippen LogP contribution in [0.4, 0.5) is 4.79 Å². The number of carbonyl (C=O) groups excluding carboxylic acids is 1. The molecule has 0 bridgehead atoms. The Labute approximate surface area is 222 Å². The summed E-state index contributed by atoms with van der Waals surface area (Å²) in [4.78, 5) is 13.8. The van der Waals surface area contributed by atoms with Gasteiger partial charge in [0.25, 0.3) is 0 Å². The molecule has 1 saturated heterocycles. The predicted octanol–water partition coefficient (Wildman–Crippen LogP) is -1.51. The van der Waals surface area contributed by atoms with Crippen LogP contribution in [0.1, 0.15) is 33.6 Å². The second-order valence-electron chi connectivity index (χ2n) is 10.9. The quantitative estimate of drug-likeness (QED) is 0.188. The van der Waals surface area contributed by atoms with Gasteiger partial charge in [0.1, 0.15) is 35.8 Å². The minimum atomic E-state index is -1.46. The van der Waals surface area contributed by atoms with E-state index >= 15 is 0 Å². The number of likely N-dealkylation sites (N-methyl/N-ethyl adjacent to an activating group) is 1. The SMILES string of the molecule is CN(C(=O)OC(C)(C)C)[C@H]1/C(=C\O)CO[C@H](O[C@H]2[C@H](N)C[C@H](N)C(O[C@H]3OC(CN)=CC[C@H]3N)[C@@H]2O)[C@@H]1O. The van der Waals surface area contributed by atoms with E-state index in [-0.39, 0.29) is 25.1 Å². The first-order chi connectivity index (χ1) is 17.8. The van der Waals surface area contributed by atoms with Crippen molar-refractivity contribution in [3.05, 3.63) is 23.7 Å². The summed E-state index contributed by atoms with van der Waals surface area (Å²) >= 11 is 0. The maximum atomic E-state index is 12.7. The van der Waals surface area contributed by atoms with E-state index in [0.29, 0.717) is 12.2 Å². The van der Waals surface area contributed by atoms with E-state index in [1.165, 1.54) is 7.05 Å². The first-order valence-corrected chi connectivity index (χ1v) is 12.7. The highest BCUT2D eigenvalue weighted by molar-refractivity contribution is 5.69. The molecule has 1 unspecified atom stereocenters. The smallest absolute Gasteiger partial charge is 0.410 e. The van der Waals surface area contributed by atoms with Crippen molar-refractivity contribution in [3.8, 4) is 0 Å². The molecule has 3 rings (SSSR count). The van der Waals surface area contributed by atoms with E-state index in [1.807, 2.05) is 0 Å². The highest BCUT2D eigenvalue weighted by atomic mass is 16.7. The zero-order chi connectivity index (χ0) is 28.4. The molecule has 38 heavy (non-hydrogen) atoms. The van der Waals surface area contributed by atoms with Crippen molar-refractivity contribution < 1.29 is 43.8 Å². The second kappa shape index (κ2) is 12.4.